The van der Waals surface area contributed by atoms with Crippen LogP contribution in [0.2, 0.25) is 0 Å². The molecular formula is C10H12N4O5. The maximum absolute atomic E-state index is 11.8. The maximum atomic E-state index is 11.8. The Kier molecular flexibility index (Phi) is 2.82. The molecule has 2 aromatic heterocycles. The molecule has 1 aliphatic rings. The molecule has 0 saturated carbocycles. The standard InChI is InChI=1S/C10H12N4O5/c15-1-4-6(16)7(17)10(19-4)14-3-13-8-5(14)9(18)12-2-11-8/h2-4,6-7,10,15-17H,1H2,(H,11,12,18). The number of ether oxygens (including phenoxy) is 1. The van der Waals surface area contributed by atoms with Gasteiger partial charge in [-0.3, -0.25) is 9.36 Å². The van der Waals surface area contributed by atoms with Gasteiger partial charge in [-0.05, 0) is 0 Å². The number of H-pyrrole nitrogens is 1. The molecule has 9 heteroatoms. The predicted molar refractivity (Wildman–Crippen MR) is 61.2 cm³/mol. The van der Waals surface area contributed by atoms with Crippen molar-refractivity contribution in [2.75, 3.05) is 6.61 Å². The number of rotatable bonds is 2. The molecule has 0 amide bonds. The molecular weight excluding hydrogens is 256 g/mol. The number of hydrogen-bond donors (Lipinski definition) is 4. The van der Waals surface area contributed by atoms with Crippen molar-refractivity contribution in [3.63, 3.8) is 0 Å². The van der Waals surface area contributed by atoms with E-state index in [1.54, 1.807) is 0 Å². The highest BCUT2D eigenvalue weighted by atomic mass is 16.6. The van der Waals surface area contributed by atoms with E-state index in [0.717, 1.165) is 0 Å². The zero-order chi connectivity index (χ0) is 13.6. The van der Waals surface area contributed by atoms with Gasteiger partial charge in [-0.15, -0.1) is 0 Å². The van der Waals surface area contributed by atoms with Crippen molar-refractivity contribution in [1.29, 1.82) is 0 Å². The molecule has 1 fully saturated rings. The van der Waals surface area contributed by atoms with E-state index in [9.17, 15) is 15.0 Å². The lowest BCUT2D eigenvalue weighted by Crippen LogP contribution is -2.33. The first-order valence-corrected chi connectivity index (χ1v) is 5.66. The lowest BCUT2D eigenvalue weighted by Gasteiger charge is -2.16. The van der Waals surface area contributed by atoms with Crippen molar-refractivity contribution in [1.82, 2.24) is 19.5 Å². The van der Waals surface area contributed by atoms with E-state index in [1.165, 1.54) is 17.2 Å². The Morgan fingerprint density at radius 3 is 2.84 bits per heavy atom. The third kappa shape index (κ3) is 1.75. The first kappa shape index (κ1) is 12.2. The summed E-state index contributed by atoms with van der Waals surface area (Å²) < 4.78 is 6.63. The van der Waals surface area contributed by atoms with Gasteiger partial charge < -0.3 is 25.0 Å². The van der Waals surface area contributed by atoms with Crippen LogP contribution in [-0.4, -0.2) is 59.8 Å². The Morgan fingerprint density at radius 2 is 2.16 bits per heavy atom. The molecule has 1 aliphatic heterocycles. The molecule has 3 heterocycles. The molecule has 1 saturated heterocycles. The highest BCUT2D eigenvalue weighted by Gasteiger charge is 2.43. The average molecular weight is 268 g/mol. The number of nitrogens with one attached hydrogen (secondary N) is 1. The van der Waals surface area contributed by atoms with Crippen LogP contribution < -0.4 is 5.56 Å². The smallest absolute Gasteiger partial charge is 0.277 e. The van der Waals surface area contributed by atoms with Crippen molar-refractivity contribution >= 4 is 11.2 Å². The number of nitrogens with zero attached hydrogens (tertiary/aromatic N) is 3. The minimum Gasteiger partial charge on any atom is -0.394 e. The van der Waals surface area contributed by atoms with Crippen molar-refractivity contribution in [3.05, 3.63) is 23.0 Å². The molecule has 2 aromatic rings. The summed E-state index contributed by atoms with van der Waals surface area (Å²) in [5.74, 6) is 0. The van der Waals surface area contributed by atoms with E-state index in [1.807, 2.05) is 0 Å². The average Bonchev–Trinajstić information content (AvgIpc) is 2.94. The fraction of sp³-hybridized carbons (Fsp3) is 0.500. The second-order valence-corrected chi connectivity index (χ2v) is 4.28. The summed E-state index contributed by atoms with van der Waals surface area (Å²) in [5.41, 5.74) is -0.0842. The molecule has 0 aromatic carbocycles. The lowest BCUT2D eigenvalue weighted by molar-refractivity contribution is -0.0509. The van der Waals surface area contributed by atoms with Crippen LogP contribution in [0.25, 0.3) is 11.2 Å². The Labute approximate surface area is 106 Å². The van der Waals surface area contributed by atoms with Crippen LogP contribution >= 0.6 is 0 Å². The summed E-state index contributed by atoms with van der Waals surface area (Å²) in [7, 11) is 0. The molecule has 0 radical (unpaired) electrons. The van der Waals surface area contributed by atoms with Crippen molar-refractivity contribution in [2.45, 2.75) is 24.5 Å². The number of aliphatic hydroxyl groups is 3. The van der Waals surface area contributed by atoms with E-state index in [-0.39, 0.29) is 11.2 Å². The Bertz CT molecular complexity index is 653. The first-order valence-electron chi connectivity index (χ1n) is 5.66. The third-order valence-corrected chi connectivity index (χ3v) is 3.16. The first-order chi connectivity index (χ1) is 9.13. The molecule has 0 aliphatic carbocycles. The van der Waals surface area contributed by atoms with E-state index in [0.29, 0.717) is 0 Å². The SMILES string of the molecule is O=c1[nH]cnc2ncn(C3OC(CO)C(O)C3O)c12. The largest absolute Gasteiger partial charge is 0.394 e. The second-order valence-electron chi connectivity index (χ2n) is 4.28. The van der Waals surface area contributed by atoms with Crippen LogP contribution in [0.15, 0.2) is 17.4 Å². The molecule has 19 heavy (non-hydrogen) atoms. The van der Waals surface area contributed by atoms with Gasteiger partial charge in [0.2, 0.25) is 0 Å². The van der Waals surface area contributed by atoms with Gasteiger partial charge in [-0.25, -0.2) is 9.97 Å². The minimum absolute atomic E-state index is 0.136. The number of imidazole rings is 1. The van der Waals surface area contributed by atoms with Crippen LogP contribution in [0.5, 0.6) is 0 Å². The Hall–Kier alpha value is -1.81. The molecule has 0 spiro atoms. The summed E-state index contributed by atoms with van der Waals surface area (Å²) in [6, 6.07) is 0. The van der Waals surface area contributed by atoms with Gasteiger partial charge in [0.25, 0.3) is 5.56 Å². The summed E-state index contributed by atoms with van der Waals surface area (Å²) in [4.78, 5) is 22.0. The van der Waals surface area contributed by atoms with Crippen LogP contribution in [-0.2, 0) is 4.74 Å². The predicted octanol–water partition coefficient (Wildman–Crippen LogP) is -2.27. The van der Waals surface area contributed by atoms with Gasteiger partial charge in [0, 0.05) is 0 Å². The fourth-order valence-corrected chi connectivity index (χ4v) is 2.19. The molecule has 102 valence electrons. The number of aliphatic hydroxyl groups excluding tert-OH is 3. The topological polar surface area (TPSA) is 133 Å². The number of hydrogen-bond acceptors (Lipinski definition) is 7. The lowest BCUT2D eigenvalue weighted by atomic mass is 10.1. The fourth-order valence-electron chi connectivity index (χ4n) is 2.19. The van der Waals surface area contributed by atoms with Crippen LogP contribution in [0.3, 0.4) is 0 Å². The van der Waals surface area contributed by atoms with Crippen LogP contribution in [0.4, 0.5) is 0 Å². The Balaban J connectivity index is 2.08. The van der Waals surface area contributed by atoms with E-state index in [4.69, 9.17) is 9.84 Å². The quantitative estimate of drug-likeness (QED) is 0.482. The summed E-state index contributed by atoms with van der Waals surface area (Å²) >= 11 is 0. The molecule has 9 nitrogen and oxygen atoms in total. The number of aromatic amines is 1. The van der Waals surface area contributed by atoms with Gasteiger partial charge in [-0.2, -0.15) is 0 Å². The molecule has 4 N–H and O–H groups in total. The number of aromatic nitrogens is 4. The number of fused-ring (bicyclic) bond motifs is 1. The van der Waals surface area contributed by atoms with Crippen molar-refractivity contribution in [2.24, 2.45) is 0 Å². The summed E-state index contributed by atoms with van der Waals surface area (Å²) in [6.07, 6.45) is -1.89. The zero-order valence-electron chi connectivity index (χ0n) is 9.67. The van der Waals surface area contributed by atoms with E-state index in [2.05, 4.69) is 15.0 Å². The third-order valence-electron chi connectivity index (χ3n) is 3.16. The summed E-state index contributed by atoms with van der Waals surface area (Å²) in [6.45, 7) is -0.435. The zero-order valence-corrected chi connectivity index (χ0v) is 9.67. The molecule has 4 unspecified atom stereocenters. The van der Waals surface area contributed by atoms with E-state index >= 15 is 0 Å². The minimum atomic E-state index is -1.27. The normalized spacial score (nSPS) is 31.1. The van der Waals surface area contributed by atoms with Gasteiger partial charge in [0.1, 0.15) is 24.6 Å². The van der Waals surface area contributed by atoms with Crippen LogP contribution in [0.1, 0.15) is 6.23 Å². The van der Waals surface area contributed by atoms with E-state index < -0.39 is 36.7 Å². The van der Waals surface area contributed by atoms with Gasteiger partial charge >= 0.3 is 0 Å². The van der Waals surface area contributed by atoms with Crippen LogP contribution in [0, 0.1) is 0 Å². The van der Waals surface area contributed by atoms with Gasteiger partial charge in [0.05, 0.1) is 12.9 Å². The highest BCUT2D eigenvalue weighted by molar-refractivity contribution is 5.69. The van der Waals surface area contributed by atoms with Crippen molar-refractivity contribution in [3.8, 4) is 0 Å². The molecule has 0 bridgehead atoms. The second kappa shape index (κ2) is 4.38. The Morgan fingerprint density at radius 1 is 1.37 bits per heavy atom. The van der Waals surface area contributed by atoms with Gasteiger partial charge in [0.15, 0.2) is 17.4 Å². The highest BCUT2D eigenvalue weighted by Crippen LogP contribution is 2.30. The van der Waals surface area contributed by atoms with Crippen molar-refractivity contribution < 1.29 is 20.1 Å². The summed E-state index contributed by atoms with van der Waals surface area (Å²) in [5, 5.41) is 28.6. The van der Waals surface area contributed by atoms with Gasteiger partial charge in [-0.1, -0.05) is 0 Å². The maximum Gasteiger partial charge on any atom is 0.277 e. The monoisotopic (exact) mass is 268 g/mol. The molecule has 3 rings (SSSR count). The molecule has 4 atom stereocenters.